The molecular formula is C5H11NOS2. The molecule has 0 radical (unpaired) electrons. The summed E-state index contributed by atoms with van der Waals surface area (Å²) in [6.45, 7) is 3.51. The Hall–Kier alpha value is 0.170. The van der Waals surface area contributed by atoms with Crippen molar-refractivity contribution in [1.82, 2.24) is 5.32 Å². The van der Waals surface area contributed by atoms with Crippen LogP contribution in [-0.2, 0) is 4.79 Å². The second kappa shape index (κ2) is 4.06. The minimum absolute atomic E-state index is 0.0826. The molecule has 0 aromatic heterocycles. The van der Waals surface area contributed by atoms with Crippen molar-refractivity contribution in [3.05, 3.63) is 0 Å². The Morgan fingerprint density at radius 1 is 1.44 bits per heavy atom. The number of thiol groups is 2. The zero-order chi connectivity index (χ0) is 7.44. The highest BCUT2D eigenvalue weighted by Crippen LogP contribution is 1.94. The molecule has 0 aromatic rings. The molecule has 1 amide bonds. The van der Waals surface area contributed by atoms with Gasteiger partial charge >= 0.3 is 0 Å². The molecule has 0 bridgehead atoms. The number of carbonyl (C=O) groups is 1. The van der Waals surface area contributed by atoms with Crippen LogP contribution in [0.15, 0.2) is 0 Å². The van der Waals surface area contributed by atoms with Crippen LogP contribution in [0.2, 0.25) is 0 Å². The summed E-state index contributed by atoms with van der Waals surface area (Å²) in [7, 11) is 0. The van der Waals surface area contributed by atoms with Gasteiger partial charge in [-0.05, 0) is 13.8 Å². The summed E-state index contributed by atoms with van der Waals surface area (Å²) < 4.78 is 0. The van der Waals surface area contributed by atoms with Crippen molar-refractivity contribution in [2.24, 2.45) is 0 Å². The van der Waals surface area contributed by atoms with E-state index < -0.39 is 0 Å². The fraction of sp³-hybridized carbons (Fsp3) is 0.800. The first-order chi connectivity index (χ1) is 4.04. The summed E-state index contributed by atoms with van der Waals surface area (Å²) in [5, 5.41) is 2.25. The molecule has 0 aromatic carbocycles. The number of hydrogen-bond donors (Lipinski definition) is 3. The Morgan fingerprint density at radius 2 is 1.89 bits per heavy atom. The van der Waals surface area contributed by atoms with Crippen LogP contribution >= 0.6 is 25.3 Å². The second-order valence-corrected chi connectivity index (χ2v) is 3.41. The Balaban J connectivity index is 3.51. The van der Waals surface area contributed by atoms with E-state index in [9.17, 15) is 4.79 Å². The van der Waals surface area contributed by atoms with Crippen LogP contribution in [0.5, 0.6) is 0 Å². The highest BCUT2D eigenvalue weighted by molar-refractivity contribution is 7.82. The zero-order valence-corrected chi connectivity index (χ0v) is 7.25. The van der Waals surface area contributed by atoms with Crippen molar-refractivity contribution >= 4 is 31.2 Å². The number of carbonyl (C=O) groups excluding carboxylic acids is 1. The van der Waals surface area contributed by atoms with Gasteiger partial charge in [-0.15, -0.1) is 0 Å². The lowest BCUT2D eigenvalue weighted by Crippen LogP contribution is -2.33. The molecule has 9 heavy (non-hydrogen) atoms. The predicted molar refractivity (Wildman–Crippen MR) is 45.0 cm³/mol. The summed E-state index contributed by atoms with van der Waals surface area (Å²) in [5.74, 6) is -0.0826. The molecule has 2 nitrogen and oxygen atoms in total. The second-order valence-electron chi connectivity index (χ2n) is 1.86. The van der Waals surface area contributed by atoms with Crippen LogP contribution in [-0.4, -0.2) is 16.5 Å². The van der Waals surface area contributed by atoms with Gasteiger partial charge in [-0.3, -0.25) is 4.79 Å². The monoisotopic (exact) mass is 165 g/mol. The van der Waals surface area contributed by atoms with E-state index in [2.05, 4.69) is 30.6 Å². The largest absolute Gasteiger partial charge is 0.344 e. The van der Waals surface area contributed by atoms with Crippen LogP contribution in [0.4, 0.5) is 0 Å². The predicted octanol–water partition coefficient (Wildman–Crippen LogP) is 0.697. The first-order valence-electron chi connectivity index (χ1n) is 2.70. The molecule has 0 aliphatic rings. The molecule has 0 saturated carbocycles. The Morgan fingerprint density at radius 3 is 2.00 bits per heavy atom. The van der Waals surface area contributed by atoms with Crippen molar-refractivity contribution in [2.75, 3.05) is 0 Å². The maximum Gasteiger partial charge on any atom is 0.233 e. The van der Waals surface area contributed by atoms with E-state index in [4.69, 9.17) is 0 Å². The van der Waals surface area contributed by atoms with Crippen molar-refractivity contribution in [1.29, 1.82) is 0 Å². The zero-order valence-electron chi connectivity index (χ0n) is 5.46. The van der Waals surface area contributed by atoms with Crippen LogP contribution in [0.1, 0.15) is 13.8 Å². The lowest BCUT2D eigenvalue weighted by Gasteiger charge is -2.08. The van der Waals surface area contributed by atoms with Crippen LogP contribution < -0.4 is 5.32 Å². The van der Waals surface area contributed by atoms with Gasteiger partial charge < -0.3 is 5.32 Å². The summed E-state index contributed by atoms with van der Waals surface area (Å²) >= 11 is 7.89. The summed E-state index contributed by atoms with van der Waals surface area (Å²) in [6.07, 6.45) is 0. The third-order valence-electron chi connectivity index (χ3n) is 0.731. The van der Waals surface area contributed by atoms with Crippen LogP contribution in [0.3, 0.4) is 0 Å². The topological polar surface area (TPSA) is 29.1 Å². The molecule has 0 spiro atoms. The first kappa shape index (κ1) is 9.17. The van der Waals surface area contributed by atoms with E-state index in [1.807, 2.05) is 0 Å². The van der Waals surface area contributed by atoms with Crippen molar-refractivity contribution in [2.45, 2.75) is 24.5 Å². The average Bonchev–Trinajstić information content (AvgIpc) is 1.63. The van der Waals surface area contributed by atoms with Gasteiger partial charge in [0.05, 0.1) is 10.6 Å². The molecule has 0 fully saturated rings. The molecule has 4 heteroatoms. The molecular weight excluding hydrogens is 154 g/mol. The highest BCUT2D eigenvalue weighted by atomic mass is 32.1. The third kappa shape index (κ3) is 4.66. The van der Waals surface area contributed by atoms with Gasteiger partial charge in [0, 0.05) is 0 Å². The van der Waals surface area contributed by atoms with E-state index in [1.54, 1.807) is 13.8 Å². The van der Waals surface area contributed by atoms with E-state index in [-0.39, 0.29) is 16.5 Å². The smallest absolute Gasteiger partial charge is 0.233 e. The highest BCUT2D eigenvalue weighted by Gasteiger charge is 2.07. The molecule has 0 aliphatic heterocycles. The van der Waals surface area contributed by atoms with Crippen molar-refractivity contribution in [3.8, 4) is 0 Å². The van der Waals surface area contributed by atoms with Gasteiger partial charge in [0.25, 0.3) is 0 Å². The lowest BCUT2D eigenvalue weighted by atomic mass is 10.4. The van der Waals surface area contributed by atoms with Crippen LogP contribution in [0.25, 0.3) is 0 Å². The number of hydrogen-bond acceptors (Lipinski definition) is 3. The van der Waals surface area contributed by atoms with Gasteiger partial charge in [-0.1, -0.05) is 0 Å². The van der Waals surface area contributed by atoms with Crippen LogP contribution in [0, 0.1) is 0 Å². The van der Waals surface area contributed by atoms with E-state index in [0.29, 0.717) is 0 Å². The quantitative estimate of drug-likeness (QED) is 0.408. The van der Waals surface area contributed by atoms with Gasteiger partial charge in [0.2, 0.25) is 5.91 Å². The van der Waals surface area contributed by atoms with Gasteiger partial charge in [-0.2, -0.15) is 25.3 Å². The Bertz CT molecular complexity index is 103. The minimum atomic E-state index is -0.250. The SMILES string of the molecule is CC(S)NC(=O)C(C)S. The number of rotatable bonds is 2. The van der Waals surface area contributed by atoms with E-state index >= 15 is 0 Å². The van der Waals surface area contributed by atoms with Gasteiger partial charge in [0.1, 0.15) is 0 Å². The van der Waals surface area contributed by atoms with E-state index in [1.165, 1.54) is 0 Å². The normalized spacial score (nSPS) is 16.4. The number of amides is 1. The summed E-state index contributed by atoms with van der Waals surface area (Å²) in [6, 6.07) is 0. The van der Waals surface area contributed by atoms with Gasteiger partial charge in [0.15, 0.2) is 0 Å². The maximum atomic E-state index is 10.7. The molecule has 0 aliphatic carbocycles. The molecule has 1 N–H and O–H groups in total. The minimum Gasteiger partial charge on any atom is -0.344 e. The molecule has 2 unspecified atom stereocenters. The maximum absolute atomic E-state index is 10.7. The molecule has 54 valence electrons. The van der Waals surface area contributed by atoms with Crippen molar-refractivity contribution in [3.63, 3.8) is 0 Å². The molecule has 0 rings (SSSR count). The standard InChI is InChI=1S/C5H11NOS2/c1-3(8)5(7)6-4(2)9/h3-4,8-9H,1-2H3,(H,6,7). The summed E-state index contributed by atoms with van der Waals surface area (Å²) in [5.41, 5.74) is 0. The Kier molecular flexibility index (Phi) is 4.14. The summed E-state index contributed by atoms with van der Waals surface area (Å²) in [4.78, 5) is 10.7. The number of nitrogens with one attached hydrogen (secondary N) is 1. The first-order valence-corrected chi connectivity index (χ1v) is 3.74. The Labute approximate surface area is 66.2 Å². The van der Waals surface area contributed by atoms with Gasteiger partial charge in [-0.25, -0.2) is 0 Å². The van der Waals surface area contributed by atoms with Crippen molar-refractivity contribution < 1.29 is 4.79 Å². The molecule has 0 heterocycles. The average molecular weight is 165 g/mol. The fourth-order valence-corrected chi connectivity index (χ4v) is 0.528. The molecule has 0 saturated heterocycles. The molecule has 2 atom stereocenters. The third-order valence-corrected chi connectivity index (χ3v) is 1.09. The lowest BCUT2D eigenvalue weighted by molar-refractivity contribution is -0.120. The fourth-order valence-electron chi connectivity index (χ4n) is 0.326. The van der Waals surface area contributed by atoms with E-state index in [0.717, 1.165) is 0 Å².